The van der Waals surface area contributed by atoms with Crippen LogP contribution in [0.15, 0.2) is 24.3 Å². The molecule has 0 unspecified atom stereocenters. The number of anilines is 1. The molecule has 4 rings (SSSR count). The Morgan fingerprint density at radius 1 is 1.19 bits per heavy atom. The van der Waals surface area contributed by atoms with Gasteiger partial charge in [-0.25, -0.2) is 4.98 Å². The fraction of sp³-hybridized carbons (Fsp3) is 0.409. The largest absolute Gasteiger partial charge is 0.355 e. The molecule has 3 nitrogen and oxygen atoms in total. The zero-order chi connectivity index (χ0) is 18.4. The van der Waals surface area contributed by atoms with Gasteiger partial charge in [0.05, 0.1) is 5.52 Å². The Balaban J connectivity index is 1.85. The third kappa shape index (κ3) is 2.88. The van der Waals surface area contributed by atoms with Gasteiger partial charge in [-0.2, -0.15) is 0 Å². The van der Waals surface area contributed by atoms with Gasteiger partial charge in [-0.3, -0.25) is 0 Å². The normalized spacial score (nSPS) is 14.3. The SMILES string of the molecule is Cc1[nH]c2c(N3CCc4ccccc4C3)nc(Cl)c(CC(C)C)c2c1C. The number of nitrogens with one attached hydrogen (secondary N) is 1. The number of aryl methyl sites for hydroxylation is 2. The molecule has 1 aliphatic heterocycles. The van der Waals surface area contributed by atoms with Crippen LogP contribution in [-0.4, -0.2) is 16.5 Å². The van der Waals surface area contributed by atoms with E-state index in [4.69, 9.17) is 16.6 Å². The second-order valence-electron chi connectivity index (χ2n) is 7.87. The van der Waals surface area contributed by atoms with Gasteiger partial charge in [0.25, 0.3) is 0 Å². The summed E-state index contributed by atoms with van der Waals surface area (Å²) in [6.45, 7) is 10.6. The van der Waals surface area contributed by atoms with Crippen LogP contribution in [0.2, 0.25) is 5.15 Å². The molecule has 136 valence electrons. The van der Waals surface area contributed by atoms with Gasteiger partial charge >= 0.3 is 0 Å². The number of fused-ring (bicyclic) bond motifs is 2. The predicted molar refractivity (Wildman–Crippen MR) is 110 cm³/mol. The highest BCUT2D eigenvalue weighted by atomic mass is 35.5. The van der Waals surface area contributed by atoms with Crippen molar-refractivity contribution >= 4 is 28.3 Å². The standard InChI is InChI=1S/C22H26ClN3/c1-13(2)11-18-19-14(3)15(4)24-20(19)22(25-21(18)23)26-10-9-16-7-5-6-8-17(16)12-26/h5-8,13,24H,9-12H2,1-4H3. The van der Waals surface area contributed by atoms with Crippen LogP contribution in [0.1, 0.15) is 41.8 Å². The molecule has 26 heavy (non-hydrogen) atoms. The Hall–Kier alpha value is -2.00. The molecule has 0 radical (unpaired) electrons. The number of hydrogen-bond acceptors (Lipinski definition) is 2. The molecular weight excluding hydrogens is 342 g/mol. The van der Waals surface area contributed by atoms with Crippen molar-refractivity contribution in [1.29, 1.82) is 0 Å². The van der Waals surface area contributed by atoms with Gasteiger partial charge in [-0.15, -0.1) is 0 Å². The van der Waals surface area contributed by atoms with Crippen molar-refractivity contribution in [1.82, 2.24) is 9.97 Å². The van der Waals surface area contributed by atoms with E-state index in [-0.39, 0.29) is 0 Å². The van der Waals surface area contributed by atoms with Crippen molar-refractivity contribution in [2.45, 2.75) is 47.1 Å². The van der Waals surface area contributed by atoms with E-state index in [0.29, 0.717) is 11.1 Å². The zero-order valence-electron chi connectivity index (χ0n) is 16.0. The van der Waals surface area contributed by atoms with Crippen molar-refractivity contribution in [2.24, 2.45) is 5.92 Å². The average molecular weight is 368 g/mol. The fourth-order valence-corrected chi connectivity index (χ4v) is 4.33. The van der Waals surface area contributed by atoms with Crippen LogP contribution in [0.5, 0.6) is 0 Å². The van der Waals surface area contributed by atoms with E-state index in [9.17, 15) is 0 Å². The first-order chi connectivity index (χ1) is 12.5. The number of aromatic amines is 1. The lowest BCUT2D eigenvalue weighted by molar-refractivity contribution is 0.648. The molecule has 1 aromatic carbocycles. The Bertz CT molecular complexity index is 971. The minimum absolute atomic E-state index is 0.541. The number of pyridine rings is 1. The highest BCUT2D eigenvalue weighted by Crippen LogP contribution is 2.37. The van der Waals surface area contributed by atoms with E-state index in [1.165, 1.54) is 33.3 Å². The number of halogens is 1. The third-order valence-corrected chi connectivity index (χ3v) is 5.83. The Morgan fingerprint density at radius 3 is 2.65 bits per heavy atom. The lowest BCUT2D eigenvalue weighted by atomic mass is 9.97. The maximum Gasteiger partial charge on any atom is 0.155 e. The first-order valence-electron chi connectivity index (χ1n) is 9.44. The van der Waals surface area contributed by atoms with Gasteiger partial charge < -0.3 is 9.88 Å². The molecule has 0 bridgehead atoms. The van der Waals surface area contributed by atoms with Gasteiger partial charge in [0.2, 0.25) is 0 Å². The van der Waals surface area contributed by atoms with E-state index < -0.39 is 0 Å². The van der Waals surface area contributed by atoms with E-state index in [0.717, 1.165) is 37.3 Å². The van der Waals surface area contributed by atoms with Gasteiger partial charge in [0.1, 0.15) is 5.15 Å². The molecule has 0 saturated heterocycles. The lowest BCUT2D eigenvalue weighted by Gasteiger charge is -2.30. The highest BCUT2D eigenvalue weighted by molar-refractivity contribution is 6.31. The molecule has 3 heterocycles. The van der Waals surface area contributed by atoms with Crippen LogP contribution in [-0.2, 0) is 19.4 Å². The van der Waals surface area contributed by atoms with Crippen molar-refractivity contribution in [2.75, 3.05) is 11.4 Å². The van der Waals surface area contributed by atoms with Crippen LogP contribution in [0.25, 0.3) is 10.9 Å². The molecule has 1 aliphatic rings. The third-order valence-electron chi connectivity index (χ3n) is 5.52. The van der Waals surface area contributed by atoms with Crippen LogP contribution in [0.4, 0.5) is 5.82 Å². The topological polar surface area (TPSA) is 31.9 Å². The first-order valence-corrected chi connectivity index (χ1v) is 9.82. The molecule has 0 spiro atoms. The summed E-state index contributed by atoms with van der Waals surface area (Å²) in [5.41, 5.74) is 7.64. The van der Waals surface area contributed by atoms with Gasteiger partial charge in [0, 0.05) is 24.2 Å². The summed E-state index contributed by atoms with van der Waals surface area (Å²) in [4.78, 5) is 10.8. The number of rotatable bonds is 3. The van der Waals surface area contributed by atoms with Crippen LogP contribution in [0.3, 0.4) is 0 Å². The maximum absolute atomic E-state index is 6.70. The minimum atomic E-state index is 0.541. The summed E-state index contributed by atoms with van der Waals surface area (Å²) < 4.78 is 0. The first kappa shape index (κ1) is 17.4. The number of H-pyrrole nitrogens is 1. The molecule has 0 atom stereocenters. The molecule has 3 aromatic rings. The van der Waals surface area contributed by atoms with E-state index >= 15 is 0 Å². The van der Waals surface area contributed by atoms with Crippen molar-refractivity contribution in [3.05, 3.63) is 57.4 Å². The molecule has 0 saturated carbocycles. The summed E-state index contributed by atoms with van der Waals surface area (Å²) in [7, 11) is 0. The summed E-state index contributed by atoms with van der Waals surface area (Å²) in [6.07, 6.45) is 1.99. The number of aromatic nitrogens is 2. The number of nitrogens with zero attached hydrogens (tertiary/aromatic N) is 2. The van der Waals surface area contributed by atoms with E-state index in [1.54, 1.807) is 0 Å². The highest BCUT2D eigenvalue weighted by Gasteiger charge is 2.24. The molecule has 4 heteroatoms. The summed E-state index contributed by atoms with van der Waals surface area (Å²) in [5.74, 6) is 1.53. The Morgan fingerprint density at radius 2 is 1.92 bits per heavy atom. The van der Waals surface area contributed by atoms with Crippen LogP contribution in [0, 0.1) is 19.8 Å². The summed E-state index contributed by atoms with van der Waals surface area (Å²) in [5, 5.41) is 1.92. The van der Waals surface area contributed by atoms with Gasteiger partial charge in [-0.1, -0.05) is 49.7 Å². The zero-order valence-corrected chi connectivity index (χ0v) is 16.7. The second kappa shape index (κ2) is 6.62. The monoisotopic (exact) mass is 367 g/mol. The second-order valence-corrected chi connectivity index (χ2v) is 8.23. The van der Waals surface area contributed by atoms with Crippen LogP contribution < -0.4 is 4.90 Å². The van der Waals surface area contributed by atoms with Crippen molar-refractivity contribution < 1.29 is 0 Å². The number of benzene rings is 1. The van der Waals surface area contributed by atoms with Gasteiger partial charge in [-0.05, 0) is 54.9 Å². The predicted octanol–water partition coefficient (Wildman–Crippen LogP) is 5.59. The van der Waals surface area contributed by atoms with Crippen molar-refractivity contribution in [3.63, 3.8) is 0 Å². The van der Waals surface area contributed by atoms with E-state index in [1.807, 2.05) is 0 Å². The van der Waals surface area contributed by atoms with Gasteiger partial charge in [0.15, 0.2) is 5.82 Å². The average Bonchev–Trinajstić information content (AvgIpc) is 2.91. The van der Waals surface area contributed by atoms with E-state index in [2.05, 4.69) is 61.8 Å². The Kier molecular flexibility index (Phi) is 4.44. The van der Waals surface area contributed by atoms with Crippen LogP contribution >= 0.6 is 11.6 Å². The lowest BCUT2D eigenvalue weighted by Crippen LogP contribution is -2.31. The molecule has 0 fully saturated rings. The molecule has 2 aromatic heterocycles. The summed E-state index contributed by atoms with van der Waals surface area (Å²) >= 11 is 6.70. The molecule has 0 amide bonds. The molecule has 1 N–H and O–H groups in total. The quantitative estimate of drug-likeness (QED) is 0.611. The Labute approximate surface area is 160 Å². The fourth-order valence-electron chi connectivity index (χ4n) is 4.08. The maximum atomic E-state index is 6.70. The summed E-state index contributed by atoms with van der Waals surface area (Å²) in [6, 6.07) is 8.70. The molecule has 0 aliphatic carbocycles. The smallest absolute Gasteiger partial charge is 0.155 e. The number of hydrogen-bond donors (Lipinski definition) is 1. The molecular formula is C22H26ClN3. The minimum Gasteiger partial charge on any atom is -0.355 e. The van der Waals surface area contributed by atoms with Crippen molar-refractivity contribution in [3.8, 4) is 0 Å².